The lowest BCUT2D eigenvalue weighted by atomic mass is 10.2. The molecule has 1 saturated heterocycles. The predicted molar refractivity (Wildman–Crippen MR) is 63.5 cm³/mol. The molecule has 1 N–H and O–H groups in total. The van der Waals surface area contributed by atoms with E-state index in [1.807, 2.05) is 12.3 Å². The number of pyridine rings is 1. The van der Waals surface area contributed by atoms with E-state index in [4.69, 9.17) is 4.74 Å². The monoisotopic (exact) mass is 221 g/mol. The van der Waals surface area contributed by atoms with Gasteiger partial charge in [-0.15, -0.1) is 0 Å². The number of nitrogens with one attached hydrogen (secondary N) is 1. The quantitative estimate of drug-likeness (QED) is 0.819. The highest BCUT2D eigenvalue weighted by atomic mass is 16.5. The van der Waals surface area contributed by atoms with E-state index < -0.39 is 0 Å². The van der Waals surface area contributed by atoms with E-state index >= 15 is 0 Å². The lowest BCUT2D eigenvalue weighted by molar-refractivity contribution is 0.248. The first-order valence-electron chi connectivity index (χ1n) is 5.69. The Hall–Kier alpha value is -1.13. The second-order valence-corrected chi connectivity index (χ2v) is 4.27. The van der Waals surface area contributed by atoms with E-state index in [0.29, 0.717) is 11.9 Å². The van der Waals surface area contributed by atoms with Crippen molar-refractivity contribution in [3.63, 3.8) is 0 Å². The fourth-order valence-corrected chi connectivity index (χ4v) is 2.06. The van der Waals surface area contributed by atoms with Crippen LogP contribution in [0, 0.1) is 0 Å². The number of aromatic nitrogens is 1. The van der Waals surface area contributed by atoms with Crippen molar-refractivity contribution in [3.05, 3.63) is 23.9 Å². The summed E-state index contributed by atoms with van der Waals surface area (Å²) in [6.07, 6.45) is 3.12. The highest BCUT2D eigenvalue weighted by Crippen LogP contribution is 2.12. The molecular formula is C12H19N3O. The number of rotatable bonds is 4. The van der Waals surface area contributed by atoms with Crippen LogP contribution >= 0.6 is 0 Å². The summed E-state index contributed by atoms with van der Waals surface area (Å²) in [5.41, 5.74) is 1.23. The van der Waals surface area contributed by atoms with Crippen molar-refractivity contribution >= 4 is 0 Å². The molecule has 0 saturated carbocycles. The molecule has 1 aliphatic rings. The fraction of sp³-hybridized carbons (Fsp3) is 0.583. The topological polar surface area (TPSA) is 37.4 Å². The Balaban J connectivity index is 1.92. The zero-order valence-electron chi connectivity index (χ0n) is 9.94. The first kappa shape index (κ1) is 11.4. The lowest BCUT2D eigenvalue weighted by Gasteiger charge is -2.23. The maximum absolute atomic E-state index is 5.04. The molecule has 1 fully saturated rings. The Kier molecular flexibility index (Phi) is 3.74. The maximum Gasteiger partial charge on any atom is 0.212 e. The molecule has 0 aromatic carbocycles. The van der Waals surface area contributed by atoms with Gasteiger partial charge in [-0.05, 0) is 25.6 Å². The predicted octanol–water partition coefficient (Wildman–Crippen LogP) is 0.884. The molecule has 0 amide bonds. The van der Waals surface area contributed by atoms with Crippen LogP contribution in [-0.4, -0.2) is 43.2 Å². The maximum atomic E-state index is 5.04. The number of nitrogens with zero attached hydrogens (tertiary/aromatic N) is 2. The van der Waals surface area contributed by atoms with Gasteiger partial charge in [0.2, 0.25) is 5.88 Å². The van der Waals surface area contributed by atoms with Gasteiger partial charge in [-0.2, -0.15) is 0 Å². The molecule has 1 unspecified atom stereocenters. The molecule has 0 radical (unpaired) electrons. The van der Waals surface area contributed by atoms with Crippen LogP contribution < -0.4 is 10.1 Å². The smallest absolute Gasteiger partial charge is 0.212 e. The third-order valence-corrected chi connectivity index (χ3v) is 3.10. The van der Waals surface area contributed by atoms with Crippen LogP contribution in [0.3, 0.4) is 0 Å². The van der Waals surface area contributed by atoms with E-state index in [9.17, 15) is 0 Å². The molecule has 2 heterocycles. The fourth-order valence-electron chi connectivity index (χ4n) is 2.06. The molecule has 16 heavy (non-hydrogen) atoms. The minimum absolute atomic E-state index is 0.655. The van der Waals surface area contributed by atoms with E-state index in [-0.39, 0.29) is 0 Å². The van der Waals surface area contributed by atoms with Crippen molar-refractivity contribution in [1.29, 1.82) is 0 Å². The Morgan fingerprint density at radius 2 is 2.44 bits per heavy atom. The summed E-state index contributed by atoms with van der Waals surface area (Å²) >= 11 is 0. The van der Waals surface area contributed by atoms with Crippen LogP contribution in [-0.2, 0) is 6.54 Å². The first-order chi connectivity index (χ1) is 7.79. The van der Waals surface area contributed by atoms with Crippen LogP contribution in [0.15, 0.2) is 18.3 Å². The molecule has 1 aromatic rings. The number of likely N-dealkylation sites (N-methyl/N-ethyl adjacent to an activating group) is 1. The Labute approximate surface area is 96.6 Å². The van der Waals surface area contributed by atoms with Crippen LogP contribution in [0.4, 0.5) is 0 Å². The van der Waals surface area contributed by atoms with Gasteiger partial charge in [-0.25, -0.2) is 4.98 Å². The molecule has 88 valence electrons. The Morgan fingerprint density at radius 1 is 1.56 bits per heavy atom. The van der Waals surface area contributed by atoms with Crippen LogP contribution in [0.25, 0.3) is 0 Å². The molecule has 1 aliphatic heterocycles. The van der Waals surface area contributed by atoms with Crippen molar-refractivity contribution in [3.8, 4) is 5.88 Å². The third kappa shape index (κ3) is 2.71. The van der Waals surface area contributed by atoms with Gasteiger partial charge in [0.25, 0.3) is 0 Å². The number of hydrogen-bond acceptors (Lipinski definition) is 4. The molecule has 4 nitrogen and oxygen atoms in total. The van der Waals surface area contributed by atoms with Gasteiger partial charge >= 0.3 is 0 Å². The van der Waals surface area contributed by atoms with Crippen molar-refractivity contribution in [2.24, 2.45) is 0 Å². The van der Waals surface area contributed by atoms with Gasteiger partial charge in [-0.1, -0.05) is 6.07 Å². The summed E-state index contributed by atoms with van der Waals surface area (Å²) in [5, 5.41) is 3.38. The summed E-state index contributed by atoms with van der Waals surface area (Å²) in [7, 11) is 3.81. The summed E-state index contributed by atoms with van der Waals surface area (Å²) in [4.78, 5) is 6.59. The highest BCUT2D eigenvalue weighted by molar-refractivity contribution is 5.17. The third-order valence-electron chi connectivity index (χ3n) is 3.10. The van der Waals surface area contributed by atoms with Crippen molar-refractivity contribution in [2.45, 2.75) is 19.0 Å². The zero-order valence-corrected chi connectivity index (χ0v) is 9.94. The average Bonchev–Trinajstić information content (AvgIpc) is 2.83. The standard InChI is InChI=1S/C12H19N3O/c1-15(11-5-6-13-8-11)9-10-3-4-12(16-2)14-7-10/h3-4,7,11,13H,5-6,8-9H2,1-2H3. The van der Waals surface area contributed by atoms with Crippen molar-refractivity contribution in [2.75, 3.05) is 27.2 Å². The molecular weight excluding hydrogens is 202 g/mol. The first-order valence-corrected chi connectivity index (χ1v) is 5.69. The van der Waals surface area contributed by atoms with Crippen LogP contribution in [0.2, 0.25) is 0 Å². The van der Waals surface area contributed by atoms with E-state index in [1.165, 1.54) is 12.0 Å². The van der Waals surface area contributed by atoms with Gasteiger partial charge in [0.1, 0.15) is 0 Å². The molecule has 1 aromatic heterocycles. The molecule has 0 spiro atoms. The Bertz CT molecular complexity index is 320. The summed E-state index contributed by atoms with van der Waals surface area (Å²) < 4.78 is 5.04. The van der Waals surface area contributed by atoms with Crippen LogP contribution in [0.5, 0.6) is 5.88 Å². The van der Waals surface area contributed by atoms with Gasteiger partial charge in [0.15, 0.2) is 0 Å². The average molecular weight is 221 g/mol. The van der Waals surface area contributed by atoms with Crippen molar-refractivity contribution in [1.82, 2.24) is 15.2 Å². The molecule has 0 bridgehead atoms. The molecule has 0 aliphatic carbocycles. The zero-order chi connectivity index (χ0) is 11.4. The minimum atomic E-state index is 0.655. The normalized spacial score (nSPS) is 20.3. The van der Waals surface area contributed by atoms with E-state index in [0.717, 1.165) is 19.6 Å². The molecule has 2 rings (SSSR count). The molecule has 1 atom stereocenters. The SMILES string of the molecule is COc1ccc(CN(C)C2CCNC2)cn1. The Morgan fingerprint density at radius 3 is 3.00 bits per heavy atom. The number of methoxy groups -OCH3 is 1. The minimum Gasteiger partial charge on any atom is -0.481 e. The number of ether oxygens (including phenoxy) is 1. The van der Waals surface area contributed by atoms with Gasteiger partial charge in [0, 0.05) is 31.4 Å². The summed E-state index contributed by atoms with van der Waals surface area (Å²) in [6.45, 7) is 3.18. The van der Waals surface area contributed by atoms with Crippen LogP contribution in [0.1, 0.15) is 12.0 Å². The number of hydrogen-bond donors (Lipinski definition) is 1. The van der Waals surface area contributed by atoms with Gasteiger partial charge < -0.3 is 10.1 Å². The summed E-state index contributed by atoms with van der Waals surface area (Å²) in [6, 6.07) is 4.64. The molecule has 4 heteroatoms. The van der Waals surface area contributed by atoms with Gasteiger partial charge in [-0.3, -0.25) is 4.90 Å². The van der Waals surface area contributed by atoms with Crippen molar-refractivity contribution < 1.29 is 4.74 Å². The largest absolute Gasteiger partial charge is 0.481 e. The van der Waals surface area contributed by atoms with E-state index in [1.54, 1.807) is 7.11 Å². The second-order valence-electron chi connectivity index (χ2n) is 4.27. The second kappa shape index (κ2) is 5.27. The lowest BCUT2D eigenvalue weighted by Crippen LogP contribution is -2.32. The van der Waals surface area contributed by atoms with E-state index in [2.05, 4.69) is 28.3 Å². The summed E-state index contributed by atoms with van der Waals surface area (Å²) in [5.74, 6) is 0.675. The van der Waals surface area contributed by atoms with Gasteiger partial charge in [0.05, 0.1) is 7.11 Å². The highest BCUT2D eigenvalue weighted by Gasteiger charge is 2.18.